The molecule has 0 unspecified atom stereocenters. The molecule has 1 N–H and O–H groups in total. The number of rotatable bonds is 1. The van der Waals surface area contributed by atoms with E-state index in [1.165, 1.54) is 12.1 Å². The van der Waals surface area contributed by atoms with Crippen LogP contribution in [0.5, 0.6) is 5.75 Å². The second kappa shape index (κ2) is 4.15. The Labute approximate surface area is 104 Å². The highest BCUT2D eigenvalue weighted by molar-refractivity contribution is 5.87. The lowest BCUT2D eigenvalue weighted by Crippen LogP contribution is -1.82. The summed E-state index contributed by atoms with van der Waals surface area (Å²) in [5, 5.41) is 11.5. The zero-order valence-electron chi connectivity index (χ0n) is 9.60. The molecule has 3 rings (SSSR count). The van der Waals surface area contributed by atoms with Gasteiger partial charge in [0.15, 0.2) is 11.6 Å². The van der Waals surface area contributed by atoms with Gasteiger partial charge in [0.1, 0.15) is 0 Å². The van der Waals surface area contributed by atoms with Crippen molar-refractivity contribution >= 4 is 10.8 Å². The molecule has 0 bridgehead atoms. The van der Waals surface area contributed by atoms with E-state index < -0.39 is 5.82 Å². The summed E-state index contributed by atoms with van der Waals surface area (Å²) < 4.78 is 13.3. The fourth-order valence-electron chi connectivity index (χ4n) is 2.06. The Morgan fingerprint density at radius 2 is 1.39 bits per heavy atom. The molecule has 0 amide bonds. The molecule has 0 radical (unpaired) electrons. The van der Waals surface area contributed by atoms with E-state index in [-0.39, 0.29) is 5.75 Å². The highest BCUT2D eigenvalue weighted by Crippen LogP contribution is 2.27. The summed E-state index contributed by atoms with van der Waals surface area (Å²) in [6.07, 6.45) is 0. The zero-order chi connectivity index (χ0) is 12.5. The lowest BCUT2D eigenvalue weighted by Gasteiger charge is -2.05. The summed E-state index contributed by atoms with van der Waals surface area (Å²) in [6, 6.07) is 18.4. The number of hydrogen-bond acceptors (Lipinski definition) is 1. The van der Waals surface area contributed by atoms with E-state index in [1.54, 1.807) is 6.07 Å². The van der Waals surface area contributed by atoms with Crippen molar-refractivity contribution in [2.45, 2.75) is 0 Å². The van der Waals surface area contributed by atoms with Gasteiger partial charge in [-0.25, -0.2) is 4.39 Å². The highest BCUT2D eigenvalue weighted by Gasteiger charge is 2.04. The van der Waals surface area contributed by atoms with Crippen molar-refractivity contribution in [1.82, 2.24) is 0 Å². The molecule has 0 saturated heterocycles. The molecule has 3 aromatic carbocycles. The summed E-state index contributed by atoms with van der Waals surface area (Å²) in [6.45, 7) is 0. The van der Waals surface area contributed by atoms with Crippen molar-refractivity contribution in [3.63, 3.8) is 0 Å². The van der Waals surface area contributed by atoms with Crippen LogP contribution in [0.1, 0.15) is 0 Å². The summed E-state index contributed by atoms with van der Waals surface area (Å²) >= 11 is 0. The minimum Gasteiger partial charge on any atom is -0.505 e. The van der Waals surface area contributed by atoms with E-state index in [0.29, 0.717) is 0 Å². The van der Waals surface area contributed by atoms with Crippen LogP contribution in [0.2, 0.25) is 0 Å². The van der Waals surface area contributed by atoms with E-state index in [1.807, 2.05) is 42.5 Å². The largest absolute Gasteiger partial charge is 0.505 e. The van der Waals surface area contributed by atoms with E-state index >= 15 is 0 Å². The van der Waals surface area contributed by atoms with Gasteiger partial charge in [0.2, 0.25) is 0 Å². The lowest BCUT2D eigenvalue weighted by molar-refractivity contribution is 0.432. The number of phenols is 1. The molecule has 0 aromatic heterocycles. The number of halogens is 1. The topological polar surface area (TPSA) is 20.2 Å². The van der Waals surface area contributed by atoms with Gasteiger partial charge in [-0.15, -0.1) is 0 Å². The van der Waals surface area contributed by atoms with Crippen molar-refractivity contribution in [3.05, 3.63) is 66.5 Å². The molecule has 0 aliphatic rings. The van der Waals surface area contributed by atoms with Crippen LogP contribution in [0, 0.1) is 5.82 Å². The smallest absolute Gasteiger partial charge is 0.165 e. The van der Waals surface area contributed by atoms with Gasteiger partial charge in [0.05, 0.1) is 0 Å². The molecular weight excluding hydrogens is 227 g/mol. The minimum absolute atomic E-state index is 0.320. The molecule has 0 aliphatic carbocycles. The van der Waals surface area contributed by atoms with Gasteiger partial charge in [-0.3, -0.25) is 0 Å². The van der Waals surface area contributed by atoms with Crippen LogP contribution in [0.25, 0.3) is 21.9 Å². The summed E-state index contributed by atoms with van der Waals surface area (Å²) in [4.78, 5) is 0. The fourth-order valence-corrected chi connectivity index (χ4v) is 2.06. The molecule has 0 heterocycles. The first-order valence-corrected chi connectivity index (χ1v) is 5.72. The van der Waals surface area contributed by atoms with Gasteiger partial charge in [-0.1, -0.05) is 42.5 Å². The van der Waals surface area contributed by atoms with Gasteiger partial charge in [0.25, 0.3) is 0 Å². The first kappa shape index (κ1) is 10.8. The fraction of sp³-hybridized carbons (Fsp3) is 0. The molecule has 1 nitrogen and oxygen atoms in total. The maximum absolute atomic E-state index is 13.3. The predicted molar refractivity (Wildman–Crippen MR) is 71.0 cm³/mol. The number of phenolic OH excluding ortho intramolecular Hbond substituents is 1. The van der Waals surface area contributed by atoms with Crippen molar-refractivity contribution < 1.29 is 9.50 Å². The number of fused-ring (bicyclic) bond motifs is 1. The Bertz CT molecular complexity index is 719. The second-order valence-corrected chi connectivity index (χ2v) is 4.23. The molecule has 88 valence electrons. The third-order valence-corrected chi connectivity index (χ3v) is 3.03. The Balaban J connectivity index is 2.16. The lowest BCUT2D eigenvalue weighted by atomic mass is 10.0. The van der Waals surface area contributed by atoms with Gasteiger partial charge in [-0.05, 0) is 40.1 Å². The van der Waals surface area contributed by atoms with Crippen LogP contribution in [0.4, 0.5) is 4.39 Å². The summed E-state index contributed by atoms with van der Waals surface area (Å²) in [7, 11) is 0. The van der Waals surface area contributed by atoms with Gasteiger partial charge < -0.3 is 5.11 Å². The molecule has 0 spiro atoms. The zero-order valence-corrected chi connectivity index (χ0v) is 9.60. The summed E-state index contributed by atoms with van der Waals surface area (Å²) in [5.41, 5.74) is 1.70. The van der Waals surface area contributed by atoms with Crippen LogP contribution in [0.3, 0.4) is 0 Å². The SMILES string of the molecule is Oc1ccc(-c2ccc3ccccc3c2)cc1F. The quantitative estimate of drug-likeness (QED) is 0.668. The van der Waals surface area contributed by atoms with Crippen LogP contribution < -0.4 is 0 Å². The first-order chi connectivity index (χ1) is 8.74. The van der Waals surface area contributed by atoms with Gasteiger partial charge in [-0.2, -0.15) is 0 Å². The first-order valence-electron chi connectivity index (χ1n) is 5.72. The van der Waals surface area contributed by atoms with Crippen LogP contribution in [0.15, 0.2) is 60.7 Å². The third kappa shape index (κ3) is 1.82. The standard InChI is InChI=1S/C16H11FO/c17-15-10-14(7-8-16(15)18)13-6-5-11-3-1-2-4-12(11)9-13/h1-10,18H. The van der Waals surface area contributed by atoms with Gasteiger partial charge in [0, 0.05) is 0 Å². The van der Waals surface area contributed by atoms with Crippen LogP contribution >= 0.6 is 0 Å². The Hall–Kier alpha value is -2.35. The summed E-state index contributed by atoms with van der Waals surface area (Å²) in [5.74, 6) is -0.916. The Kier molecular flexibility index (Phi) is 2.49. The molecule has 0 atom stereocenters. The maximum Gasteiger partial charge on any atom is 0.165 e. The van der Waals surface area contributed by atoms with Crippen molar-refractivity contribution in [1.29, 1.82) is 0 Å². The maximum atomic E-state index is 13.3. The monoisotopic (exact) mass is 238 g/mol. The number of aromatic hydroxyl groups is 1. The third-order valence-electron chi connectivity index (χ3n) is 3.03. The second-order valence-electron chi connectivity index (χ2n) is 4.23. The van der Waals surface area contributed by atoms with Gasteiger partial charge >= 0.3 is 0 Å². The Morgan fingerprint density at radius 1 is 0.722 bits per heavy atom. The van der Waals surface area contributed by atoms with Crippen LogP contribution in [-0.2, 0) is 0 Å². The number of hydrogen-bond donors (Lipinski definition) is 1. The van der Waals surface area contributed by atoms with E-state index in [9.17, 15) is 9.50 Å². The predicted octanol–water partition coefficient (Wildman–Crippen LogP) is 4.35. The highest BCUT2D eigenvalue weighted by atomic mass is 19.1. The normalized spacial score (nSPS) is 10.7. The minimum atomic E-state index is -0.597. The number of benzene rings is 3. The molecule has 0 saturated carbocycles. The molecule has 18 heavy (non-hydrogen) atoms. The van der Waals surface area contributed by atoms with E-state index in [2.05, 4.69) is 0 Å². The van der Waals surface area contributed by atoms with Crippen molar-refractivity contribution in [3.8, 4) is 16.9 Å². The van der Waals surface area contributed by atoms with Crippen molar-refractivity contribution in [2.24, 2.45) is 0 Å². The molecule has 0 aliphatic heterocycles. The molecule has 2 heteroatoms. The van der Waals surface area contributed by atoms with Crippen molar-refractivity contribution in [2.75, 3.05) is 0 Å². The molecule has 3 aromatic rings. The van der Waals surface area contributed by atoms with E-state index in [4.69, 9.17) is 0 Å². The average molecular weight is 238 g/mol. The van der Waals surface area contributed by atoms with E-state index in [0.717, 1.165) is 21.9 Å². The van der Waals surface area contributed by atoms with Crippen LogP contribution in [-0.4, -0.2) is 5.11 Å². The average Bonchev–Trinajstić information content (AvgIpc) is 2.41. The molecule has 0 fully saturated rings. The Morgan fingerprint density at radius 3 is 2.17 bits per heavy atom. The molecular formula is C16H11FO.